The molecule has 0 saturated heterocycles. The predicted octanol–water partition coefficient (Wildman–Crippen LogP) is 3.19. The highest BCUT2D eigenvalue weighted by Crippen LogP contribution is 2.35. The van der Waals surface area contributed by atoms with Crippen molar-refractivity contribution in [3.63, 3.8) is 0 Å². The van der Waals surface area contributed by atoms with Crippen LogP contribution in [0.25, 0.3) is 0 Å². The molecule has 20 heavy (non-hydrogen) atoms. The summed E-state index contributed by atoms with van der Waals surface area (Å²) < 4.78 is 43.7. The fourth-order valence-electron chi connectivity index (χ4n) is 1.67. The fourth-order valence-corrected chi connectivity index (χ4v) is 2.45. The number of nitrogens with two attached hydrogens (primary N) is 1. The lowest BCUT2D eigenvalue weighted by Gasteiger charge is -2.17. The van der Waals surface area contributed by atoms with E-state index in [1.54, 1.807) is 6.92 Å². The Morgan fingerprint density at radius 1 is 1.30 bits per heavy atom. The van der Waals surface area contributed by atoms with Gasteiger partial charge in [-0.05, 0) is 11.6 Å². The van der Waals surface area contributed by atoms with Crippen molar-refractivity contribution in [2.24, 2.45) is 5.73 Å². The van der Waals surface area contributed by atoms with Crippen molar-refractivity contribution >= 4 is 11.8 Å². The summed E-state index contributed by atoms with van der Waals surface area (Å²) in [5.41, 5.74) is 5.18. The zero-order chi connectivity index (χ0) is 14.8. The van der Waals surface area contributed by atoms with E-state index < -0.39 is 17.8 Å². The molecule has 0 fully saturated rings. The van der Waals surface area contributed by atoms with Gasteiger partial charge in [0, 0.05) is 18.7 Å². The van der Waals surface area contributed by atoms with Gasteiger partial charge < -0.3 is 10.2 Å². The number of rotatable bonds is 4. The summed E-state index contributed by atoms with van der Waals surface area (Å²) >= 11 is 1.13. The molecule has 1 heterocycles. The zero-order valence-corrected chi connectivity index (χ0v) is 11.3. The molecule has 1 unspecified atom stereocenters. The Hall–Kier alpha value is -1.54. The Morgan fingerprint density at radius 2 is 2.00 bits per heavy atom. The number of hydrogen-bond acceptors (Lipinski definition) is 5. The minimum absolute atomic E-state index is 0.0590. The normalized spacial score (nSPS) is 13.4. The van der Waals surface area contributed by atoms with Gasteiger partial charge in [-0.3, -0.25) is 0 Å². The highest BCUT2D eigenvalue weighted by molar-refractivity contribution is 7.99. The zero-order valence-electron chi connectivity index (χ0n) is 10.5. The van der Waals surface area contributed by atoms with E-state index >= 15 is 0 Å². The highest BCUT2D eigenvalue weighted by Gasteiger charge is 2.34. The van der Waals surface area contributed by atoms with Crippen molar-refractivity contribution in [3.8, 4) is 0 Å². The Balaban J connectivity index is 2.11. The Labute approximate surface area is 117 Å². The Kier molecular flexibility index (Phi) is 4.34. The highest BCUT2D eigenvalue weighted by atomic mass is 32.2. The number of thioether (sulfide) groups is 1. The molecule has 4 nitrogen and oxygen atoms in total. The van der Waals surface area contributed by atoms with Crippen LogP contribution in [0.3, 0.4) is 0 Å². The molecule has 0 aliphatic carbocycles. The van der Waals surface area contributed by atoms with Crippen LogP contribution in [0.2, 0.25) is 0 Å². The minimum Gasteiger partial charge on any atom is -0.416 e. The summed E-state index contributed by atoms with van der Waals surface area (Å²) in [6.07, 6.45) is -4.42. The topological polar surface area (TPSA) is 64.9 Å². The molecule has 0 spiro atoms. The molecule has 1 aromatic heterocycles. The van der Waals surface area contributed by atoms with Crippen LogP contribution in [0, 0.1) is 6.92 Å². The van der Waals surface area contributed by atoms with Crippen LogP contribution in [0.15, 0.2) is 33.9 Å². The van der Waals surface area contributed by atoms with Crippen molar-refractivity contribution in [1.29, 1.82) is 0 Å². The molecular weight excluding hydrogens is 291 g/mol. The van der Waals surface area contributed by atoms with Gasteiger partial charge in [-0.25, -0.2) is 0 Å². The van der Waals surface area contributed by atoms with Gasteiger partial charge in [-0.1, -0.05) is 30.0 Å². The second-order valence-corrected chi connectivity index (χ2v) is 5.06. The molecule has 0 aliphatic heterocycles. The van der Waals surface area contributed by atoms with E-state index in [1.165, 1.54) is 18.2 Å². The van der Waals surface area contributed by atoms with Crippen molar-refractivity contribution in [1.82, 2.24) is 10.2 Å². The number of nitrogens with zero attached hydrogens (tertiary/aromatic N) is 2. The molecule has 2 aromatic rings. The van der Waals surface area contributed by atoms with Crippen molar-refractivity contribution in [2.45, 2.75) is 24.4 Å². The second kappa shape index (κ2) is 5.84. The molecule has 0 amide bonds. The summed E-state index contributed by atoms with van der Waals surface area (Å²) in [5.74, 6) is 0.617. The van der Waals surface area contributed by atoms with E-state index in [1.807, 2.05) is 0 Å². The summed E-state index contributed by atoms with van der Waals surface area (Å²) in [6, 6.07) is 4.51. The van der Waals surface area contributed by atoms with Crippen molar-refractivity contribution in [3.05, 3.63) is 41.3 Å². The molecular formula is C12H12F3N3OS. The standard InChI is InChI=1S/C12H12F3N3OS/c1-7-17-18-11(19-7)20-6-10(16)8-4-2-3-5-9(8)12(13,14)15/h2-5,10H,6,16H2,1H3. The van der Waals surface area contributed by atoms with Crippen molar-refractivity contribution < 1.29 is 17.6 Å². The number of benzene rings is 1. The predicted molar refractivity (Wildman–Crippen MR) is 68.1 cm³/mol. The van der Waals surface area contributed by atoms with Crippen LogP contribution in [-0.4, -0.2) is 16.0 Å². The van der Waals surface area contributed by atoms with E-state index in [2.05, 4.69) is 10.2 Å². The molecule has 0 radical (unpaired) electrons. The maximum absolute atomic E-state index is 12.9. The molecule has 1 atom stereocenters. The Bertz CT molecular complexity index is 585. The fraction of sp³-hybridized carbons (Fsp3) is 0.333. The number of aryl methyl sites for hydroxylation is 1. The number of halogens is 3. The van der Waals surface area contributed by atoms with Crippen molar-refractivity contribution in [2.75, 3.05) is 5.75 Å². The van der Waals surface area contributed by atoms with E-state index in [4.69, 9.17) is 10.2 Å². The molecule has 108 valence electrons. The average Bonchev–Trinajstić information content (AvgIpc) is 2.81. The van der Waals surface area contributed by atoms with Crippen LogP contribution in [0.1, 0.15) is 23.1 Å². The summed E-state index contributed by atoms with van der Waals surface area (Å²) in [7, 11) is 0. The first-order valence-electron chi connectivity index (χ1n) is 5.72. The van der Waals surface area contributed by atoms with Gasteiger partial charge in [0.15, 0.2) is 0 Å². The number of alkyl halides is 3. The minimum atomic E-state index is -4.42. The van der Waals surface area contributed by atoms with Crippen LogP contribution >= 0.6 is 11.8 Å². The van der Waals surface area contributed by atoms with Gasteiger partial charge in [0.05, 0.1) is 5.56 Å². The maximum Gasteiger partial charge on any atom is 0.416 e. The largest absolute Gasteiger partial charge is 0.416 e. The summed E-state index contributed by atoms with van der Waals surface area (Å²) in [4.78, 5) is 0. The smallest absolute Gasteiger partial charge is 0.416 e. The number of aromatic nitrogens is 2. The average molecular weight is 303 g/mol. The molecule has 8 heteroatoms. The summed E-state index contributed by atoms with van der Waals surface area (Å²) in [6.45, 7) is 1.63. The van der Waals surface area contributed by atoms with Gasteiger partial charge in [-0.2, -0.15) is 13.2 Å². The van der Waals surface area contributed by atoms with E-state index in [9.17, 15) is 13.2 Å². The van der Waals surface area contributed by atoms with E-state index in [0.29, 0.717) is 11.1 Å². The first kappa shape index (κ1) is 14.9. The third-order valence-corrected chi connectivity index (χ3v) is 3.50. The monoisotopic (exact) mass is 303 g/mol. The second-order valence-electron chi connectivity index (χ2n) is 4.09. The van der Waals surface area contributed by atoms with Gasteiger partial charge in [-0.15, -0.1) is 10.2 Å². The summed E-state index contributed by atoms with van der Waals surface area (Å²) in [5, 5.41) is 7.68. The quantitative estimate of drug-likeness (QED) is 0.879. The van der Waals surface area contributed by atoms with Crippen LogP contribution in [-0.2, 0) is 6.18 Å². The molecule has 1 aromatic carbocycles. The first-order valence-corrected chi connectivity index (χ1v) is 6.71. The first-order chi connectivity index (χ1) is 9.38. The third-order valence-electron chi connectivity index (χ3n) is 2.56. The van der Waals surface area contributed by atoms with Gasteiger partial charge >= 0.3 is 6.18 Å². The van der Waals surface area contributed by atoms with Gasteiger partial charge in [0.2, 0.25) is 5.89 Å². The lowest BCUT2D eigenvalue weighted by Crippen LogP contribution is -2.19. The van der Waals surface area contributed by atoms with E-state index in [0.717, 1.165) is 17.8 Å². The van der Waals surface area contributed by atoms with Gasteiger partial charge in [0.25, 0.3) is 5.22 Å². The molecule has 0 bridgehead atoms. The maximum atomic E-state index is 12.9. The third kappa shape index (κ3) is 3.51. The molecule has 2 rings (SSSR count). The van der Waals surface area contributed by atoms with E-state index in [-0.39, 0.29) is 11.3 Å². The SMILES string of the molecule is Cc1nnc(SCC(N)c2ccccc2C(F)(F)F)o1. The van der Waals surface area contributed by atoms with Crippen LogP contribution in [0.5, 0.6) is 0 Å². The van der Waals surface area contributed by atoms with Crippen LogP contribution in [0.4, 0.5) is 13.2 Å². The van der Waals surface area contributed by atoms with Gasteiger partial charge in [0.1, 0.15) is 0 Å². The lowest BCUT2D eigenvalue weighted by atomic mass is 10.0. The Morgan fingerprint density at radius 3 is 2.60 bits per heavy atom. The van der Waals surface area contributed by atoms with Crippen LogP contribution < -0.4 is 5.73 Å². The molecule has 2 N–H and O–H groups in total. The molecule has 0 aliphatic rings. The number of hydrogen-bond donors (Lipinski definition) is 1. The lowest BCUT2D eigenvalue weighted by molar-refractivity contribution is -0.138. The molecule has 0 saturated carbocycles.